The molecule has 1 fully saturated rings. The molecule has 7 atom stereocenters. The molecule has 13 heteroatoms. The van der Waals surface area contributed by atoms with Crippen molar-refractivity contribution in [2.24, 2.45) is 17.8 Å². The third-order valence-corrected chi connectivity index (χ3v) is 9.68. The minimum absolute atomic E-state index is 0.0813. The largest absolute Gasteiger partial charge is 0.456 e. The van der Waals surface area contributed by atoms with Gasteiger partial charge in [0, 0.05) is 39.6 Å². The van der Waals surface area contributed by atoms with E-state index in [4.69, 9.17) is 4.74 Å². The van der Waals surface area contributed by atoms with E-state index in [2.05, 4.69) is 21.4 Å². The number of nitrogens with zero attached hydrogens (tertiary/aromatic N) is 1. The van der Waals surface area contributed by atoms with Crippen molar-refractivity contribution in [1.82, 2.24) is 26.4 Å². The maximum atomic E-state index is 13.7. The van der Waals surface area contributed by atoms with E-state index in [1.807, 2.05) is 80.5 Å². The molecule has 0 aromatic heterocycles. The second-order valence-corrected chi connectivity index (χ2v) is 14.9. The van der Waals surface area contributed by atoms with E-state index in [0.717, 1.165) is 24.1 Å². The minimum atomic E-state index is -1.12. The Bertz CT molecular complexity index is 1560. The maximum Gasteiger partial charge on any atom is 0.325 e. The number of likely N-dealkylation sites (N-methyl/N-ethyl adjacent to an activating group) is 1. The Balaban J connectivity index is 2.09. The molecule has 1 saturated heterocycles. The van der Waals surface area contributed by atoms with E-state index < -0.39 is 48.1 Å². The molecule has 1 aromatic rings. The average Bonchev–Trinajstić information content (AvgIpc) is 3.17. The molecule has 5 N–H and O–H groups in total. The number of carbonyl (C=O) groups excluding carboxylic acids is 6. The predicted octanol–water partition coefficient (Wildman–Crippen LogP) is 3.69. The van der Waals surface area contributed by atoms with Gasteiger partial charge >= 0.3 is 5.97 Å². The summed E-state index contributed by atoms with van der Waals surface area (Å²) >= 11 is 0. The number of hydrogen-bond donors (Lipinski definition) is 5. The van der Waals surface area contributed by atoms with Crippen LogP contribution in [0.25, 0.3) is 0 Å². The van der Waals surface area contributed by atoms with E-state index in [-0.39, 0.29) is 42.3 Å². The summed E-state index contributed by atoms with van der Waals surface area (Å²) in [5.74, 6) is -3.45. The van der Waals surface area contributed by atoms with Gasteiger partial charge < -0.3 is 35.4 Å². The SMILES string of the molecule is CNC(=O)/C=C/C=C(\C)[C@H](C/C=C/C=C/CC(C)C(O)C(CCC(C)=O)C(=O)NC(C(=O)NC(C=O)Cc1ccccc1)C(C)C)OC(=O)C1CCCN(C)N1. The number of hydrogen-bond acceptors (Lipinski definition) is 10. The number of ether oxygens (including phenoxy) is 1. The molecule has 0 spiro atoms. The van der Waals surface area contributed by atoms with Gasteiger partial charge in [0.15, 0.2) is 0 Å². The third-order valence-electron chi connectivity index (χ3n) is 9.68. The number of allylic oxidation sites excluding steroid dienone is 5. The molecule has 0 saturated carbocycles. The van der Waals surface area contributed by atoms with Crippen LogP contribution in [0.3, 0.4) is 0 Å². The Morgan fingerprint density at radius 1 is 0.982 bits per heavy atom. The van der Waals surface area contributed by atoms with Crippen LogP contribution in [-0.2, 0) is 39.9 Å². The van der Waals surface area contributed by atoms with Crippen LogP contribution in [0.5, 0.6) is 0 Å². The maximum absolute atomic E-state index is 13.7. The van der Waals surface area contributed by atoms with E-state index in [1.54, 1.807) is 26.0 Å². The van der Waals surface area contributed by atoms with Gasteiger partial charge in [0.05, 0.1) is 18.1 Å². The fourth-order valence-corrected chi connectivity index (χ4v) is 6.20. The first-order valence-corrected chi connectivity index (χ1v) is 19.5. The molecule has 0 bridgehead atoms. The Morgan fingerprint density at radius 3 is 2.27 bits per heavy atom. The number of nitrogens with one attached hydrogen (secondary N) is 4. The lowest BCUT2D eigenvalue weighted by Gasteiger charge is -2.31. The predicted molar refractivity (Wildman–Crippen MR) is 217 cm³/mol. The highest BCUT2D eigenvalue weighted by molar-refractivity contribution is 5.90. The van der Waals surface area contributed by atoms with Crippen LogP contribution in [0.15, 0.2) is 78.4 Å². The molecule has 6 unspecified atom stereocenters. The summed E-state index contributed by atoms with van der Waals surface area (Å²) < 4.78 is 5.91. The summed E-state index contributed by atoms with van der Waals surface area (Å²) in [7, 11) is 3.42. The molecule has 0 radical (unpaired) electrons. The van der Waals surface area contributed by atoms with Crippen LogP contribution in [0.2, 0.25) is 0 Å². The molecule has 308 valence electrons. The van der Waals surface area contributed by atoms with Gasteiger partial charge in [0.25, 0.3) is 0 Å². The van der Waals surface area contributed by atoms with E-state index in [1.165, 1.54) is 20.0 Å². The fourth-order valence-electron chi connectivity index (χ4n) is 6.20. The van der Waals surface area contributed by atoms with Gasteiger partial charge in [-0.05, 0) is 68.9 Å². The summed E-state index contributed by atoms with van der Waals surface area (Å²) in [5.41, 5.74) is 4.78. The van der Waals surface area contributed by atoms with Crippen LogP contribution in [0, 0.1) is 17.8 Å². The number of aliphatic hydroxyl groups excluding tert-OH is 1. The molecule has 1 aliphatic heterocycles. The lowest BCUT2D eigenvalue weighted by atomic mass is 9.85. The number of hydrazine groups is 1. The first-order chi connectivity index (χ1) is 26.7. The number of aldehydes is 1. The van der Waals surface area contributed by atoms with Crippen molar-refractivity contribution in [2.75, 3.05) is 20.6 Å². The molecule has 3 amide bonds. The van der Waals surface area contributed by atoms with Gasteiger partial charge in [-0.1, -0.05) is 87.6 Å². The molecule has 1 heterocycles. The van der Waals surface area contributed by atoms with Crippen LogP contribution < -0.4 is 21.4 Å². The molecule has 13 nitrogen and oxygen atoms in total. The zero-order chi connectivity index (χ0) is 41.6. The lowest BCUT2D eigenvalue weighted by Crippen LogP contribution is -2.55. The van der Waals surface area contributed by atoms with Gasteiger partial charge in [-0.2, -0.15) is 0 Å². The Morgan fingerprint density at radius 2 is 1.66 bits per heavy atom. The van der Waals surface area contributed by atoms with Gasteiger partial charge in [-0.3, -0.25) is 19.2 Å². The third kappa shape index (κ3) is 17.4. The Labute approximate surface area is 332 Å². The average molecular weight is 778 g/mol. The monoisotopic (exact) mass is 777 g/mol. The number of aliphatic hydroxyl groups is 1. The lowest BCUT2D eigenvalue weighted by molar-refractivity contribution is -0.152. The van der Waals surface area contributed by atoms with Gasteiger partial charge in [0.2, 0.25) is 17.7 Å². The number of ketones is 1. The van der Waals surface area contributed by atoms with Crippen LogP contribution in [-0.4, -0.2) is 96.8 Å². The summed E-state index contributed by atoms with van der Waals surface area (Å²) in [5, 5.41) is 21.3. The van der Waals surface area contributed by atoms with Crippen molar-refractivity contribution < 1.29 is 38.6 Å². The van der Waals surface area contributed by atoms with Gasteiger partial charge in [0.1, 0.15) is 30.3 Å². The molecule has 1 aromatic carbocycles. The second-order valence-electron chi connectivity index (χ2n) is 14.9. The van der Waals surface area contributed by atoms with Crippen molar-refractivity contribution >= 4 is 35.8 Å². The number of amides is 3. The molecule has 56 heavy (non-hydrogen) atoms. The van der Waals surface area contributed by atoms with Crippen LogP contribution in [0.1, 0.15) is 78.7 Å². The highest BCUT2D eigenvalue weighted by atomic mass is 16.5. The highest BCUT2D eigenvalue weighted by Crippen LogP contribution is 2.23. The van der Waals surface area contributed by atoms with E-state index in [9.17, 15) is 33.9 Å². The quantitative estimate of drug-likeness (QED) is 0.0476. The Hall–Kier alpha value is -4.72. The summed E-state index contributed by atoms with van der Waals surface area (Å²) in [4.78, 5) is 75.4. The van der Waals surface area contributed by atoms with E-state index in [0.29, 0.717) is 32.0 Å². The smallest absolute Gasteiger partial charge is 0.325 e. The molecular formula is C43H63N5O8. The summed E-state index contributed by atoms with van der Waals surface area (Å²) in [6, 6.07) is 7.07. The minimum Gasteiger partial charge on any atom is -0.456 e. The molecule has 1 aliphatic rings. The van der Waals surface area contributed by atoms with Gasteiger partial charge in [-0.25, -0.2) is 10.4 Å². The Kier molecular flexibility index (Phi) is 21.5. The number of carbonyl (C=O) groups is 6. The fraction of sp³-hybridized carbons (Fsp3) is 0.535. The van der Waals surface area contributed by atoms with E-state index >= 15 is 0 Å². The highest BCUT2D eigenvalue weighted by Gasteiger charge is 2.34. The van der Waals surface area contributed by atoms with Crippen LogP contribution in [0.4, 0.5) is 0 Å². The first kappa shape index (κ1) is 47.4. The van der Waals surface area contributed by atoms with Crippen molar-refractivity contribution in [3.63, 3.8) is 0 Å². The van der Waals surface area contributed by atoms with Crippen molar-refractivity contribution in [2.45, 2.75) is 110 Å². The first-order valence-electron chi connectivity index (χ1n) is 19.5. The second kappa shape index (κ2) is 25.4. The van der Waals surface area contributed by atoms with Crippen molar-refractivity contribution in [1.29, 1.82) is 0 Å². The summed E-state index contributed by atoms with van der Waals surface area (Å²) in [6.07, 6.45) is 13.9. The summed E-state index contributed by atoms with van der Waals surface area (Å²) in [6.45, 7) is 9.46. The zero-order valence-electron chi connectivity index (χ0n) is 34.0. The number of esters is 1. The van der Waals surface area contributed by atoms with Gasteiger partial charge in [-0.15, -0.1) is 0 Å². The number of benzene rings is 1. The van der Waals surface area contributed by atoms with Crippen molar-refractivity contribution in [3.8, 4) is 0 Å². The number of Topliss-reactive ketones (excluding diaryl/α,β-unsaturated/α-hetero) is 1. The van der Waals surface area contributed by atoms with Crippen LogP contribution >= 0.6 is 0 Å². The number of rotatable bonds is 23. The zero-order valence-corrected chi connectivity index (χ0v) is 34.0. The van der Waals surface area contributed by atoms with Crippen molar-refractivity contribution in [3.05, 3.63) is 84.0 Å². The topological polar surface area (TPSA) is 183 Å². The normalized spacial score (nSPS) is 18.6. The molecule has 2 rings (SSSR count). The standard InChI is InChI=1S/C43H63N5O8/c1-29(2)39(42(54)45-34(28-49)27-33-19-12-10-13-20-33)46-41(53)35(25-24-32(5)50)40(52)31(4)17-11-8-9-14-22-37(30(3)18-15-23-38(51)44-6)56-43(55)36-21-16-26-48(7)47-36/h8-15,18-20,23,28-29,31,34-37,39-40,47,52H,16-17,21-22,24-27H2,1-7H3,(H,44,51)(H,45,54)(H,46,53)/b11-8+,14-9+,23-15+,30-18+/t31?,34?,35?,36?,37-,39?,40?/m0/s1. The molecular weight excluding hydrogens is 714 g/mol. The molecule has 0 aliphatic carbocycles.